The molecule has 154 valence electrons. The molecule has 4 N–H and O–H groups in total. The molecule has 9 heteroatoms. The average molecular weight is 429 g/mol. The van der Waals surface area contributed by atoms with Crippen LogP contribution in [0.1, 0.15) is 27.8 Å². The van der Waals surface area contributed by atoms with E-state index in [9.17, 15) is 15.0 Å². The summed E-state index contributed by atoms with van der Waals surface area (Å²) in [4.78, 5) is 15.6. The Bertz CT molecular complexity index is 1230. The number of ketones is 1. The fraction of sp³-hybridized carbons (Fsp3) is 0.143. The van der Waals surface area contributed by atoms with Gasteiger partial charge in [0.05, 0.1) is 35.9 Å². The summed E-state index contributed by atoms with van der Waals surface area (Å²) in [6, 6.07) is 11.5. The number of carbonyl (C=O) groups is 1. The minimum Gasteiger partial charge on any atom is -0.494 e. The van der Waals surface area contributed by atoms with Crippen molar-refractivity contribution in [2.75, 3.05) is 13.7 Å². The highest BCUT2D eigenvalue weighted by Gasteiger charge is 2.25. The van der Waals surface area contributed by atoms with Gasteiger partial charge in [0, 0.05) is 10.9 Å². The van der Waals surface area contributed by atoms with Gasteiger partial charge in [-0.15, -0.1) is 0 Å². The summed E-state index contributed by atoms with van der Waals surface area (Å²) in [7, 11) is 1.40. The molecule has 4 rings (SSSR count). The second kappa shape index (κ2) is 7.83. The lowest BCUT2D eigenvalue weighted by Gasteiger charge is -2.10. The Morgan fingerprint density at radius 3 is 2.63 bits per heavy atom. The lowest BCUT2D eigenvalue weighted by atomic mass is 9.99. The van der Waals surface area contributed by atoms with Crippen LogP contribution in [0.5, 0.6) is 11.8 Å². The number of hydrogen-bond acceptors (Lipinski definition) is 7. The van der Waals surface area contributed by atoms with E-state index >= 15 is 0 Å². The highest BCUT2D eigenvalue weighted by atomic mass is 35.5. The number of ether oxygens (including phenoxy) is 1. The Morgan fingerprint density at radius 1 is 1.27 bits per heavy atom. The van der Waals surface area contributed by atoms with Crippen molar-refractivity contribution in [1.29, 1.82) is 0 Å². The van der Waals surface area contributed by atoms with E-state index < -0.39 is 11.9 Å². The number of aliphatic hydroxyl groups is 2. The van der Waals surface area contributed by atoms with Gasteiger partial charge in [0.2, 0.25) is 17.4 Å². The highest BCUT2D eigenvalue weighted by molar-refractivity contribution is 6.34. The summed E-state index contributed by atoms with van der Waals surface area (Å²) in [6.45, 7) is -0.382. The van der Waals surface area contributed by atoms with E-state index in [1.807, 2.05) is 0 Å². The van der Waals surface area contributed by atoms with Crippen molar-refractivity contribution in [1.82, 2.24) is 10.1 Å². The van der Waals surface area contributed by atoms with Gasteiger partial charge in [-0.25, -0.2) is 0 Å². The van der Waals surface area contributed by atoms with Gasteiger partial charge in [-0.1, -0.05) is 35.9 Å². The molecule has 0 radical (unpaired) electrons. The molecule has 0 saturated carbocycles. The number of hydrogen-bond donors (Lipinski definition) is 4. The van der Waals surface area contributed by atoms with Gasteiger partial charge in [0.1, 0.15) is 6.10 Å². The van der Waals surface area contributed by atoms with Crippen molar-refractivity contribution in [2.45, 2.75) is 6.10 Å². The lowest BCUT2D eigenvalue weighted by molar-refractivity contribution is 0.0956. The predicted octanol–water partition coefficient (Wildman–Crippen LogP) is 3.45. The van der Waals surface area contributed by atoms with Crippen molar-refractivity contribution >= 4 is 28.3 Å². The first kappa shape index (κ1) is 20.0. The number of benzene rings is 2. The van der Waals surface area contributed by atoms with Gasteiger partial charge in [0.15, 0.2) is 0 Å². The van der Waals surface area contributed by atoms with Gasteiger partial charge < -0.3 is 29.6 Å². The first-order chi connectivity index (χ1) is 14.4. The quantitative estimate of drug-likeness (QED) is 0.346. The Labute approximate surface area is 175 Å². The Kier molecular flexibility index (Phi) is 5.21. The normalized spacial score (nSPS) is 12.3. The molecule has 2 heterocycles. The molecule has 0 saturated heterocycles. The Balaban J connectivity index is 1.80. The van der Waals surface area contributed by atoms with Gasteiger partial charge in [-0.3, -0.25) is 4.79 Å². The highest BCUT2D eigenvalue weighted by Crippen LogP contribution is 2.37. The number of aliphatic hydroxyl groups excluding tert-OH is 2. The van der Waals surface area contributed by atoms with Crippen molar-refractivity contribution in [3.63, 3.8) is 0 Å². The number of methoxy groups -OCH3 is 1. The molecule has 1 atom stereocenters. The van der Waals surface area contributed by atoms with Crippen LogP contribution in [0.4, 0.5) is 0 Å². The van der Waals surface area contributed by atoms with E-state index in [4.69, 9.17) is 26.0 Å². The molecule has 4 aromatic rings. The summed E-state index contributed by atoms with van der Waals surface area (Å²) in [5.41, 5.74) is 2.42. The number of aromatic amines is 1. The zero-order valence-corrected chi connectivity index (χ0v) is 16.5. The summed E-state index contributed by atoms with van der Waals surface area (Å²) >= 11 is 6.43. The fourth-order valence-electron chi connectivity index (χ4n) is 3.23. The van der Waals surface area contributed by atoms with Crippen molar-refractivity contribution in [3.05, 3.63) is 64.4 Å². The molecule has 2 aromatic carbocycles. The van der Waals surface area contributed by atoms with Crippen molar-refractivity contribution in [3.8, 4) is 22.9 Å². The van der Waals surface area contributed by atoms with Crippen LogP contribution < -0.4 is 4.74 Å². The van der Waals surface area contributed by atoms with E-state index in [0.29, 0.717) is 27.1 Å². The summed E-state index contributed by atoms with van der Waals surface area (Å²) in [5, 5.41) is 33.6. The third-order valence-corrected chi connectivity index (χ3v) is 5.11. The second-order valence-corrected chi connectivity index (χ2v) is 7.02. The van der Waals surface area contributed by atoms with Crippen molar-refractivity contribution in [2.24, 2.45) is 0 Å². The third kappa shape index (κ3) is 3.41. The zero-order chi connectivity index (χ0) is 21.4. The number of nitrogens with one attached hydrogen (secondary N) is 1. The number of rotatable bonds is 6. The molecule has 0 aliphatic carbocycles. The molecule has 0 amide bonds. The molecule has 2 aromatic heterocycles. The Morgan fingerprint density at radius 2 is 2.00 bits per heavy atom. The number of carbonyl (C=O) groups excluding carboxylic acids is 1. The molecule has 0 fully saturated rings. The number of halogens is 1. The molecular weight excluding hydrogens is 412 g/mol. The molecule has 1 unspecified atom stereocenters. The first-order valence-electron chi connectivity index (χ1n) is 8.91. The molecule has 0 spiro atoms. The minimum absolute atomic E-state index is 0.0223. The molecule has 0 aliphatic heterocycles. The van der Waals surface area contributed by atoms with Crippen molar-refractivity contribution < 1.29 is 29.4 Å². The van der Waals surface area contributed by atoms with Crippen LogP contribution in [0.15, 0.2) is 47.0 Å². The van der Waals surface area contributed by atoms with Crippen LogP contribution in [0.3, 0.4) is 0 Å². The van der Waals surface area contributed by atoms with Crippen LogP contribution in [-0.2, 0) is 0 Å². The number of fused-ring (bicyclic) bond motifs is 1. The maximum atomic E-state index is 12.9. The van der Waals surface area contributed by atoms with E-state index in [1.165, 1.54) is 13.2 Å². The molecule has 0 bridgehead atoms. The van der Waals surface area contributed by atoms with Crippen LogP contribution in [0, 0.1) is 0 Å². The maximum absolute atomic E-state index is 12.9. The van der Waals surface area contributed by atoms with Gasteiger partial charge in [-0.2, -0.15) is 0 Å². The number of H-pyrrole nitrogens is 1. The predicted molar refractivity (Wildman–Crippen MR) is 109 cm³/mol. The minimum atomic E-state index is -0.971. The zero-order valence-electron chi connectivity index (χ0n) is 15.7. The molecule has 8 nitrogen and oxygen atoms in total. The molecule has 30 heavy (non-hydrogen) atoms. The van der Waals surface area contributed by atoms with Crippen LogP contribution in [0.25, 0.3) is 22.0 Å². The summed E-state index contributed by atoms with van der Waals surface area (Å²) in [5.74, 6) is -0.822. The van der Waals surface area contributed by atoms with Crippen LogP contribution in [0.2, 0.25) is 5.02 Å². The summed E-state index contributed by atoms with van der Waals surface area (Å²) < 4.78 is 9.94. The standard InChI is InChI=1S/C21H17ClN2O6/c1-29-18-8-17(30-24-18)20(27)19-13-6-12(14(22)7-15(13)23-21(19)28)10-2-4-11(5-3-10)16(26)9-25/h2-8,16,23,25-26,28H,9H2,1H3. The van der Waals surface area contributed by atoms with E-state index in [-0.39, 0.29) is 29.7 Å². The lowest BCUT2D eigenvalue weighted by Crippen LogP contribution is -2.01. The van der Waals surface area contributed by atoms with Gasteiger partial charge in [0.25, 0.3) is 5.88 Å². The smallest absolute Gasteiger partial charge is 0.254 e. The molecular formula is C21H17ClN2O6. The second-order valence-electron chi connectivity index (χ2n) is 6.61. The first-order valence-corrected chi connectivity index (χ1v) is 9.29. The number of aromatic hydroxyl groups is 1. The van der Waals surface area contributed by atoms with E-state index in [0.717, 1.165) is 5.56 Å². The molecule has 0 aliphatic rings. The average Bonchev–Trinajstić information content (AvgIpc) is 3.36. The van der Waals surface area contributed by atoms with E-state index in [1.54, 1.807) is 36.4 Å². The fourth-order valence-corrected chi connectivity index (χ4v) is 3.50. The SMILES string of the molecule is COc1cc(C(=O)c2c(O)[nH]c3cc(Cl)c(-c4ccc(C(O)CO)cc4)cc23)on1. The van der Waals surface area contributed by atoms with Crippen LogP contribution in [-0.4, -0.2) is 45.0 Å². The monoisotopic (exact) mass is 428 g/mol. The van der Waals surface area contributed by atoms with E-state index in [2.05, 4.69) is 10.1 Å². The number of aromatic nitrogens is 2. The largest absolute Gasteiger partial charge is 0.494 e. The maximum Gasteiger partial charge on any atom is 0.254 e. The van der Waals surface area contributed by atoms with Crippen LogP contribution >= 0.6 is 11.6 Å². The topological polar surface area (TPSA) is 129 Å². The summed E-state index contributed by atoms with van der Waals surface area (Å²) in [6.07, 6.45) is -0.971. The van der Waals surface area contributed by atoms with Gasteiger partial charge in [-0.05, 0) is 28.4 Å². The third-order valence-electron chi connectivity index (χ3n) is 4.79. The Hall–Kier alpha value is -3.33. The van der Waals surface area contributed by atoms with Gasteiger partial charge >= 0.3 is 0 Å². The number of nitrogens with zero attached hydrogens (tertiary/aromatic N) is 1.